The van der Waals surface area contributed by atoms with Crippen molar-refractivity contribution in [2.75, 3.05) is 29.8 Å². The minimum Gasteiger partial charge on any atom is -0.508 e. The van der Waals surface area contributed by atoms with Gasteiger partial charge in [-0.3, -0.25) is 10.1 Å². The van der Waals surface area contributed by atoms with Crippen molar-refractivity contribution in [2.45, 2.75) is 32.0 Å². The number of allylic oxidation sites excluding steroid dienone is 1. The summed E-state index contributed by atoms with van der Waals surface area (Å²) in [7, 11) is 0. The predicted octanol–water partition coefficient (Wildman–Crippen LogP) is 5.98. The number of benzene rings is 3. The number of ether oxygens (including phenoxy) is 4. The molecule has 0 spiro atoms. The van der Waals surface area contributed by atoms with Gasteiger partial charge < -0.3 is 35.1 Å². The van der Waals surface area contributed by atoms with Gasteiger partial charge in [-0.2, -0.15) is 0 Å². The van der Waals surface area contributed by atoms with Gasteiger partial charge in [0.25, 0.3) is 0 Å². The zero-order valence-electron chi connectivity index (χ0n) is 21.8. The number of para-hydroxylation sites is 2. The van der Waals surface area contributed by atoms with Crippen LogP contribution in [0.2, 0.25) is 0 Å². The number of rotatable bonds is 11. The largest absolute Gasteiger partial charge is 0.508 e. The highest BCUT2D eigenvalue weighted by Crippen LogP contribution is 2.36. The molecule has 1 heterocycles. The number of carbonyl (C=O) groups excluding carboxylic acids is 2. The lowest BCUT2D eigenvalue weighted by atomic mass is 9.99. The van der Waals surface area contributed by atoms with Crippen LogP contribution in [0, 0.1) is 3.57 Å². The summed E-state index contributed by atoms with van der Waals surface area (Å²) in [6.45, 7) is 2.29. The molecule has 0 saturated carbocycles. The van der Waals surface area contributed by atoms with Gasteiger partial charge in [-0.05, 0) is 90.9 Å². The third kappa shape index (κ3) is 7.79. The minimum atomic E-state index is -0.935. The first kappa shape index (κ1) is 29.0. The molecule has 0 saturated heterocycles. The molecule has 40 heavy (non-hydrogen) atoms. The number of halogens is 1. The Labute approximate surface area is 245 Å². The average Bonchev–Trinajstić information content (AvgIpc) is 3.40. The van der Waals surface area contributed by atoms with E-state index in [2.05, 4.69) is 33.2 Å². The molecule has 11 heteroatoms. The number of fused-ring (bicyclic) bond motifs is 1. The van der Waals surface area contributed by atoms with Crippen LogP contribution in [0.3, 0.4) is 0 Å². The predicted molar refractivity (Wildman–Crippen MR) is 160 cm³/mol. The van der Waals surface area contributed by atoms with Crippen LogP contribution < -0.4 is 25.8 Å². The van der Waals surface area contributed by atoms with E-state index in [1.807, 2.05) is 6.92 Å². The second kappa shape index (κ2) is 13.9. The smallest absolute Gasteiger partial charge is 0.412 e. The fraction of sp³-hybridized carbons (Fsp3) is 0.241. The summed E-state index contributed by atoms with van der Waals surface area (Å²) in [5, 5.41) is 16.1. The van der Waals surface area contributed by atoms with Gasteiger partial charge in [0.15, 0.2) is 17.6 Å². The normalized spacial score (nSPS) is 13.6. The molecule has 1 aliphatic rings. The monoisotopic (exact) mass is 659 g/mol. The Balaban J connectivity index is 1.46. The molecule has 1 aliphatic heterocycles. The van der Waals surface area contributed by atoms with Gasteiger partial charge in [-0.25, -0.2) is 4.79 Å². The Morgan fingerprint density at radius 1 is 1.10 bits per heavy atom. The van der Waals surface area contributed by atoms with Crippen LogP contribution in [-0.2, 0) is 14.3 Å². The minimum absolute atomic E-state index is 0.0265. The van der Waals surface area contributed by atoms with Crippen molar-refractivity contribution in [1.82, 2.24) is 0 Å². The second-order valence-corrected chi connectivity index (χ2v) is 10.0. The van der Waals surface area contributed by atoms with Crippen molar-refractivity contribution in [3.05, 3.63) is 81.9 Å². The molecule has 3 aromatic rings. The van der Waals surface area contributed by atoms with E-state index < -0.39 is 18.3 Å². The maximum Gasteiger partial charge on any atom is 0.412 e. The lowest BCUT2D eigenvalue weighted by Crippen LogP contribution is -2.29. The van der Waals surface area contributed by atoms with Gasteiger partial charge in [0, 0.05) is 27.5 Å². The molecule has 0 fully saturated rings. The molecule has 0 bridgehead atoms. The number of aromatic hydroxyl groups is 1. The van der Waals surface area contributed by atoms with Crippen molar-refractivity contribution >= 4 is 51.7 Å². The molecule has 0 aliphatic carbocycles. The van der Waals surface area contributed by atoms with Crippen LogP contribution in [0.4, 0.5) is 21.9 Å². The van der Waals surface area contributed by atoms with Crippen molar-refractivity contribution in [2.24, 2.45) is 0 Å². The quantitative estimate of drug-likeness (QED) is 0.112. The average molecular weight is 659 g/mol. The molecule has 0 aromatic heterocycles. The molecule has 2 atom stereocenters. The first-order valence-electron chi connectivity index (χ1n) is 12.6. The summed E-state index contributed by atoms with van der Waals surface area (Å²) < 4.78 is 23.4. The maximum atomic E-state index is 13.0. The van der Waals surface area contributed by atoms with Crippen molar-refractivity contribution in [1.29, 1.82) is 0 Å². The van der Waals surface area contributed by atoms with Crippen LogP contribution in [-0.4, -0.2) is 36.6 Å². The van der Waals surface area contributed by atoms with Crippen LogP contribution >= 0.6 is 22.6 Å². The molecule has 5 N–H and O–H groups in total. The lowest BCUT2D eigenvalue weighted by Gasteiger charge is -2.28. The van der Waals surface area contributed by atoms with E-state index in [9.17, 15) is 14.7 Å². The van der Waals surface area contributed by atoms with Crippen LogP contribution in [0.15, 0.2) is 72.8 Å². The van der Waals surface area contributed by atoms with E-state index in [1.54, 1.807) is 66.7 Å². The van der Waals surface area contributed by atoms with Gasteiger partial charge in [-0.1, -0.05) is 18.2 Å². The highest BCUT2D eigenvalue weighted by molar-refractivity contribution is 14.1. The van der Waals surface area contributed by atoms with Gasteiger partial charge in [0.05, 0.1) is 17.5 Å². The molecular formula is C29H30IN3O7. The van der Waals surface area contributed by atoms with Gasteiger partial charge in [-0.15, -0.1) is 0 Å². The summed E-state index contributed by atoms with van der Waals surface area (Å²) in [5.41, 5.74) is 7.75. The molecule has 4 rings (SSSR count). The Morgan fingerprint density at radius 3 is 2.70 bits per heavy atom. The standard InChI is InChI=1S/C29H30IN3O7/c1-2-37-25(9-5-6-10-27(35)33-22-8-4-3-7-21(22)31)28(20-15-18(30)11-13-23(20)34)40-29(36)32-19-12-14-24-26(16-19)39-17-38-24/h3-4,6-8,10-16,25,28,34H,2,5,9,17,31H2,1H3,(H,32,36)(H,33,35)/b10-6+/t25-,28-/m0/s1. The Kier molecular flexibility index (Phi) is 10.1. The van der Waals surface area contributed by atoms with Crippen molar-refractivity contribution < 1.29 is 33.6 Å². The van der Waals surface area contributed by atoms with Gasteiger partial charge in [0.1, 0.15) is 5.75 Å². The Morgan fingerprint density at radius 2 is 1.90 bits per heavy atom. The molecule has 10 nitrogen and oxygen atoms in total. The van der Waals surface area contributed by atoms with Gasteiger partial charge in [0.2, 0.25) is 12.7 Å². The first-order chi connectivity index (χ1) is 19.3. The number of amides is 2. The first-order valence-corrected chi connectivity index (χ1v) is 13.7. The third-order valence-electron chi connectivity index (χ3n) is 5.97. The highest BCUT2D eigenvalue weighted by Gasteiger charge is 2.30. The number of hydrogen-bond acceptors (Lipinski definition) is 8. The van der Waals surface area contributed by atoms with E-state index in [0.717, 1.165) is 3.57 Å². The lowest BCUT2D eigenvalue weighted by molar-refractivity contribution is -0.111. The molecular weight excluding hydrogens is 629 g/mol. The van der Waals surface area contributed by atoms with E-state index in [0.29, 0.717) is 53.6 Å². The van der Waals surface area contributed by atoms with Crippen molar-refractivity contribution in [3.63, 3.8) is 0 Å². The zero-order chi connectivity index (χ0) is 28.5. The second-order valence-electron chi connectivity index (χ2n) is 8.77. The molecule has 0 radical (unpaired) electrons. The fourth-order valence-electron chi connectivity index (χ4n) is 4.10. The SMILES string of the molecule is CCO[C@@H](CC/C=C/C(=O)Nc1ccccc1N)[C@@H](OC(=O)Nc1ccc2c(c1)OCO2)c1cc(I)ccc1O. The summed E-state index contributed by atoms with van der Waals surface area (Å²) in [6.07, 6.45) is 1.68. The van der Waals surface area contributed by atoms with E-state index >= 15 is 0 Å². The molecule has 2 amide bonds. The topological polar surface area (TPSA) is 141 Å². The number of nitrogens with one attached hydrogen (secondary N) is 2. The summed E-state index contributed by atoms with van der Waals surface area (Å²) in [5.74, 6) is 0.756. The number of nitrogens with two attached hydrogens (primary N) is 1. The van der Waals surface area contributed by atoms with Crippen LogP contribution in [0.5, 0.6) is 17.2 Å². The number of hydrogen-bond donors (Lipinski definition) is 4. The summed E-state index contributed by atoms with van der Waals surface area (Å²) in [4.78, 5) is 25.3. The number of carbonyl (C=O) groups is 2. The molecule has 210 valence electrons. The summed E-state index contributed by atoms with van der Waals surface area (Å²) in [6, 6.07) is 17.0. The van der Waals surface area contributed by atoms with Crippen LogP contribution in [0.25, 0.3) is 0 Å². The van der Waals surface area contributed by atoms with E-state index in [-0.39, 0.29) is 18.4 Å². The maximum absolute atomic E-state index is 13.0. The highest BCUT2D eigenvalue weighted by atomic mass is 127. The number of nitrogen functional groups attached to an aromatic ring is 1. The van der Waals surface area contributed by atoms with E-state index in [4.69, 9.17) is 24.7 Å². The van der Waals surface area contributed by atoms with Crippen LogP contribution in [0.1, 0.15) is 31.4 Å². The van der Waals surface area contributed by atoms with Crippen molar-refractivity contribution in [3.8, 4) is 17.2 Å². The fourth-order valence-corrected chi connectivity index (χ4v) is 4.62. The zero-order valence-corrected chi connectivity index (χ0v) is 23.9. The Hall–Kier alpha value is -3.97. The number of anilines is 3. The van der Waals surface area contributed by atoms with E-state index in [1.165, 1.54) is 6.08 Å². The Bertz CT molecular complexity index is 1380. The number of phenolic OH excluding ortho intramolecular Hbond substituents is 1. The molecule has 3 aromatic carbocycles. The molecule has 0 unspecified atom stereocenters. The van der Waals surface area contributed by atoms with Gasteiger partial charge >= 0.3 is 6.09 Å². The number of phenols is 1. The summed E-state index contributed by atoms with van der Waals surface area (Å²) >= 11 is 2.12. The third-order valence-corrected chi connectivity index (χ3v) is 6.64.